The highest BCUT2D eigenvalue weighted by Crippen LogP contribution is 2.38. The van der Waals surface area contributed by atoms with Crippen molar-refractivity contribution < 1.29 is 4.42 Å². The van der Waals surface area contributed by atoms with Crippen LogP contribution in [0.25, 0.3) is 110 Å². The number of furan rings is 1. The third-order valence-electron chi connectivity index (χ3n) is 11.7. The zero-order chi connectivity index (χ0) is 37.5. The van der Waals surface area contributed by atoms with Gasteiger partial charge < -0.3 is 13.6 Å². The molecule has 0 saturated carbocycles. The summed E-state index contributed by atoms with van der Waals surface area (Å²) < 4.78 is 10.9. The molecule has 3 aromatic heterocycles. The van der Waals surface area contributed by atoms with Gasteiger partial charge in [0.15, 0.2) is 0 Å². The summed E-state index contributed by atoms with van der Waals surface area (Å²) in [6.45, 7) is 0. The van der Waals surface area contributed by atoms with Crippen LogP contribution in [-0.4, -0.2) is 9.13 Å². The van der Waals surface area contributed by atoms with E-state index in [-0.39, 0.29) is 0 Å². The summed E-state index contributed by atoms with van der Waals surface area (Å²) in [6, 6.07) is 74.5. The van der Waals surface area contributed by atoms with Crippen LogP contribution in [0.5, 0.6) is 0 Å². The number of fused-ring (bicyclic) bond motifs is 9. The van der Waals surface area contributed by atoms with Crippen molar-refractivity contribution in [1.29, 1.82) is 0 Å². The zero-order valence-electron chi connectivity index (χ0n) is 30.9. The third kappa shape index (κ3) is 4.99. The van der Waals surface area contributed by atoms with Crippen LogP contribution in [0.3, 0.4) is 0 Å². The summed E-state index contributed by atoms with van der Waals surface area (Å²) in [7, 11) is 0. The topological polar surface area (TPSA) is 23.0 Å². The Labute approximate surface area is 328 Å². The maximum Gasteiger partial charge on any atom is 0.136 e. The second-order valence-corrected chi connectivity index (χ2v) is 14.9. The zero-order valence-corrected chi connectivity index (χ0v) is 30.9. The molecule has 0 N–H and O–H groups in total. The third-order valence-corrected chi connectivity index (χ3v) is 11.7. The predicted octanol–water partition coefficient (Wildman–Crippen LogP) is 14.8. The molecule has 3 heteroatoms. The Morgan fingerprint density at radius 1 is 0.246 bits per heavy atom. The molecule has 12 aromatic rings. The summed E-state index contributed by atoms with van der Waals surface area (Å²) in [4.78, 5) is 0. The molecule has 0 aliphatic carbocycles. The molecule has 0 saturated heterocycles. The van der Waals surface area contributed by atoms with E-state index in [9.17, 15) is 0 Å². The number of nitrogens with zero attached hydrogens (tertiary/aromatic N) is 2. The summed E-state index contributed by atoms with van der Waals surface area (Å²) in [6.07, 6.45) is 0. The first-order valence-electron chi connectivity index (χ1n) is 19.5. The second-order valence-electron chi connectivity index (χ2n) is 14.9. The van der Waals surface area contributed by atoms with Crippen molar-refractivity contribution in [1.82, 2.24) is 9.13 Å². The van der Waals surface area contributed by atoms with E-state index in [2.05, 4.69) is 203 Å². The van der Waals surface area contributed by atoms with Crippen LogP contribution in [0.2, 0.25) is 0 Å². The van der Waals surface area contributed by atoms with Gasteiger partial charge in [-0.05, 0) is 112 Å². The molecule has 266 valence electrons. The van der Waals surface area contributed by atoms with Gasteiger partial charge in [0.25, 0.3) is 0 Å². The van der Waals surface area contributed by atoms with E-state index < -0.39 is 0 Å². The minimum Gasteiger partial charge on any atom is -0.456 e. The van der Waals surface area contributed by atoms with Crippen molar-refractivity contribution in [3.8, 4) is 44.8 Å². The molecule has 0 amide bonds. The van der Waals surface area contributed by atoms with Crippen molar-refractivity contribution in [2.24, 2.45) is 0 Å². The van der Waals surface area contributed by atoms with Gasteiger partial charge in [0.1, 0.15) is 11.2 Å². The van der Waals surface area contributed by atoms with E-state index in [0.29, 0.717) is 0 Å². The van der Waals surface area contributed by atoms with E-state index in [1.165, 1.54) is 71.6 Å². The number of aromatic nitrogens is 2. The van der Waals surface area contributed by atoms with Gasteiger partial charge in [0.2, 0.25) is 0 Å². The highest BCUT2D eigenvalue weighted by atomic mass is 16.3. The normalized spacial score (nSPS) is 11.9. The highest BCUT2D eigenvalue weighted by Gasteiger charge is 2.16. The van der Waals surface area contributed by atoms with Gasteiger partial charge >= 0.3 is 0 Å². The molecule has 0 fully saturated rings. The lowest BCUT2D eigenvalue weighted by Crippen LogP contribution is -1.93. The van der Waals surface area contributed by atoms with Gasteiger partial charge in [-0.25, -0.2) is 0 Å². The van der Waals surface area contributed by atoms with Gasteiger partial charge in [-0.2, -0.15) is 0 Å². The van der Waals surface area contributed by atoms with E-state index in [1.54, 1.807) is 0 Å². The number of hydrogen-bond acceptors (Lipinski definition) is 1. The fourth-order valence-electron chi connectivity index (χ4n) is 9.00. The number of hydrogen-bond donors (Lipinski definition) is 0. The molecule has 0 radical (unpaired) electrons. The Bertz CT molecular complexity index is 3490. The van der Waals surface area contributed by atoms with Crippen LogP contribution in [0.1, 0.15) is 0 Å². The second kappa shape index (κ2) is 12.5. The Hall–Kier alpha value is -7.62. The quantitative estimate of drug-likeness (QED) is 0.173. The predicted molar refractivity (Wildman–Crippen MR) is 239 cm³/mol. The summed E-state index contributed by atoms with van der Waals surface area (Å²) in [5, 5.41) is 7.31. The number of para-hydroxylation sites is 4. The average Bonchev–Trinajstić information content (AvgIpc) is 3.94. The first-order valence-corrected chi connectivity index (χ1v) is 19.5. The van der Waals surface area contributed by atoms with Gasteiger partial charge in [-0.15, -0.1) is 0 Å². The minimum absolute atomic E-state index is 0.913. The summed E-state index contributed by atoms with van der Waals surface area (Å²) in [5.74, 6) is 0. The van der Waals surface area contributed by atoms with E-state index >= 15 is 0 Å². The number of benzene rings is 9. The van der Waals surface area contributed by atoms with Crippen LogP contribution in [0.15, 0.2) is 211 Å². The smallest absolute Gasteiger partial charge is 0.136 e. The minimum atomic E-state index is 0.913. The van der Waals surface area contributed by atoms with Crippen molar-refractivity contribution >= 4 is 65.6 Å². The Kier molecular flexibility index (Phi) is 6.93. The van der Waals surface area contributed by atoms with Crippen LogP contribution < -0.4 is 0 Å². The summed E-state index contributed by atoms with van der Waals surface area (Å²) >= 11 is 0. The Morgan fingerprint density at radius 2 is 0.649 bits per heavy atom. The van der Waals surface area contributed by atoms with Crippen LogP contribution in [0.4, 0.5) is 0 Å². The average molecular weight is 727 g/mol. The van der Waals surface area contributed by atoms with Crippen molar-refractivity contribution in [3.05, 3.63) is 206 Å². The van der Waals surface area contributed by atoms with E-state index in [0.717, 1.165) is 38.8 Å². The first kappa shape index (κ1) is 31.7. The van der Waals surface area contributed by atoms with Crippen LogP contribution in [-0.2, 0) is 0 Å². The molecular formula is C54H34N2O. The van der Waals surface area contributed by atoms with E-state index in [4.69, 9.17) is 4.42 Å². The van der Waals surface area contributed by atoms with Gasteiger partial charge in [0, 0.05) is 43.7 Å². The Balaban J connectivity index is 0.885. The molecule has 3 nitrogen and oxygen atoms in total. The molecule has 12 rings (SSSR count). The standard InChI is InChI=1S/C54H34N2O/c1-2-10-41(11-3-1)55-49-15-7-4-12-43(49)47-32-38(25-30-51(47)55)35-18-20-36(21-19-35)39-26-31-52-48(33-39)44-13-5-8-16-50(44)56(52)42-27-22-37(23-28-42)40-24-29-46-45-14-6-9-17-53(45)57-54(46)34-40/h1-34H. The Morgan fingerprint density at radius 3 is 1.25 bits per heavy atom. The molecule has 0 aliphatic heterocycles. The molecular weight excluding hydrogens is 693 g/mol. The monoisotopic (exact) mass is 726 g/mol. The maximum absolute atomic E-state index is 6.20. The van der Waals surface area contributed by atoms with Gasteiger partial charge in [-0.3, -0.25) is 0 Å². The van der Waals surface area contributed by atoms with Crippen LogP contribution in [0, 0.1) is 0 Å². The largest absolute Gasteiger partial charge is 0.456 e. The molecule has 0 bridgehead atoms. The first-order chi connectivity index (χ1) is 28.2. The lowest BCUT2D eigenvalue weighted by Gasteiger charge is -2.10. The number of rotatable bonds is 5. The SMILES string of the molecule is c1ccc(-n2c3ccccc3c3cc(-c4ccc(-c5ccc6c(c5)c5ccccc5n6-c5ccc(-c6ccc7c(c6)oc6ccccc67)cc5)cc4)ccc32)cc1. The van der Waals surface area contributed by atoms with Gasteiger partial charge in [0.05, 0.1) is 22.1 Å². The van der Waals surface area contributed by atoms with Crippen molar-refractivity contribution in [3.63, 3.8) is 0 Å². The fourth-order valence-corrected chi connectivity index (χ4v) is 9.00. The summed E-state index contributed by atoms with van der Waals surface area (Å²) in [5.41, 5.74) is 16.1. The highest BCUT2D eigenvalue weighted by molar-refractivity contribution is 6.12. The lowest BCUT2D eigenvalue weighted by atomic mass is 9.98. The molecule has 9 aromatic carbocycles. The van der Waals surface area contributed by atoms with Crippen molar-refractivity contribution in [2.45, 2.75) is 0 Å². The maximum atomic E-state index is 6.20. The lowest BCUT2D eigenvalue weighted by molar-refractivity contribution is 0.669. The molecule has 3 heterocycles. The van der Waals surface area contributed by atoms with Crippen LogP contribution >= 0.6 is 0 Å². The van der Waals surface area contributed by atoms with Crippen molar-refractivity contribution in [2.75, 3.05) is 0 Å². The molecule has 0 unspecified atom stereocenters. The van der Waals surface area contributed by atoms with Gasteiger partial charge in [-0.1, -0.05) is 127 Å². The molecule has 0 aliphatic rings. The van der Waals surface area contributed by atoms with E-state index in [1.807, 2.05) is 12.1 Å². The molecule has 57 heavy (non-hydrogen) atoms. The molecule has 0 atom stereocenters. The molecule has 0 spiro atoms. The fraction of sp³-hybridized carbons (Fsp3) is 0.